The molecule has 1 amide bonds. The highest BCUT2D eigenvalue weighted by molar-refractivity contribution is 8.00. The van der Waals surface area contributed by atoms with Crippen molar-refractivity contribution in [3.05, 3.63) is 70.8 Å². The zero-order chi connectivity index (χ0) is 19.2. The molecule has 2 aromatic carbocycles. The second-order valence-corrected chi connectivity index (χ2v) is 7.37. The van der Waals surface area contributed by atoms with Gasteiger partial charge >= 0.3 is 0 Å². The molecule has 3 rings (SSSR count). The van der Waals surface area contributed by atoms with Crippen LogP contribution in [0.5, 0.6) is 0 Å². The number of aryl methyl sites for hydroxylation is 2. The lowest BCUT2D eigenvalue weighted by Crippen LogP contribution is -2.27. The van der Waals surface area contributed by atoms with Crippen molar-refractivity contribution in [3.8, 4) is 6.07 Å². The molecular weight excluding hydrogens is 354 g/mol. The molecular formula is C22H21N3OS. The summed E-state index contributed by atoms with van der Waals surface area (Å²) in [6.07, 6.45) is 0.799. The molecule has 3 aromatic rings. The van der Waals surface area contributed by atoms with Crippen molar-refractivity contribution in [2.45, 2.75) is 25.3 Å². The van der Waals surface area contributed by atoms with Crippen LogP contribution < -0.4 is 5.32 Å². The molecule has 4 nitrogen and oxygen atoms in total. The summed E-state index contributed by atoms with van der Waals surface area (Å²) in [6, 6.07) is 18.1. The summed E-state index contributed by atoms with van der Waals surface area (Å²) in [5.74, 6) is 0.190. The number of carbonyl (C=O) groups excluding carboxylic acids is 1. The predicted molar refractivity (Wildman–Crippen MR) is 110 cm³/mol. The summed E-state index contributed by atoms with van der Waals surface area (Å²) in [5, 5.41) is 13.9. The maximum atomic E-state index is 12.1. The van der Waals surface area contributed by atoms with Gasteiger partial charge in [-0.05, 0) is 43.0 Å². The maximum absolute atomic E-state index is 12.1. The molecule has 136 valence electrons. The first-order valence-corrected chi connectivity index (χ1v) is 9.81. The maximum Gasteiger partial charge on any atom is 0.230 e. The zero-order valence-electron chi connectivity index (χ0n) is 15.5. The summed E-state index contributed by atoms with van der Waals surface area (Å²) in [7, 11) is 0. The Morgan fingerprint density at radius 2 is 1.96 bits per heavy atom. The van der Waals surface area contributed by atoms with E-state index in [9.17, 15) is 10.1 Å². The number of hydrogen-bond donors (Lipinski definition) is 1. The normalized spacial score (nSPS) is 10.6. The lowest BCUT2D eigenvalue weighted by atomic mass is 10.0. The second-order valence-electron chi connectivity index (χ2n) is 6.41. The SMILES string of the molecule is Cc1ccc2cc(C#N)c(SCC(=O)NCCc3ccccc3)nc2c1C. The molecule has 27 heavy (non-hydrogen) atoms. The van der Waals surface area contributed by atoms with Gasteiger partial charge in [-0.3, -0.25) is 4.79 Å². The fourth-order valence-electron chi connectivity index (χ4n) is 2.83. The highest BCUT2D eigenvalue weighted by Gasteiger charge is 2.12. The van der Waals surface area contributed by atoms with Gasteiger partial charge in [-0.2, -0.15) is 5.26 Å². The number of amides is 1. The highest BCUT2D eigenvalue weighted by Crippen LogP contribution is 2.27. The predicted octanol–water partition coefficient (Wildman–Crippen LogP) is 4.17. The van der Waals surface area contributed by atoms with Crippen LogP contribution in [0.3, 0.4) is 0 Å². The molecule has 0 fully saturated rings. The third-order valence-electron chi connectivity index (χ3n) is 4.52. The first-order chi connectivity index (χ1) is 13.1. The molecule has 1 aromatic heterocycles. The van der Waals surface area contributed by atoms with Gasteiger partial charge in [-0.1, -0.05) is 54.2 Å². The Hall–Kier alpha value is -2.84. The standard InChI is InChI=1S/C22H21N3OS/c1-15-8-9-18-12-19(13-23)22(25-21(18)16(15)2)27-14-20(26)24-11-10-17-6-4-3-5-7-17/h3-9,12H,10-11,14H2,1-2H3,(H,24,26). The number of carbonyl (C=O) groups is 1. The molecule has 0 atom stereocenters. The first-order valence-electron chi connectivity index (χ1n) is 8.83. The minimum Gasteiger partial charge on any atom is -0.355 e. The van der Waals surface area contributed by atoms with E-state index in [1.165, 1.54) is 17.3 Å². The average Bonchev–Trinajstić information content (AvgIpc) is 2.69. The Balaban J connectivity index is 1.64. The van der Waals surface area contributed by atoms with Crippen molar-refractivity contribution < 1.29 is 4.79 Å². The third kappa shape index (κ3) is 4.66. The van der Waals surface area contributed by atoms with Crippen LogP contribution in [0.1, 0.15) is 22.3 Å². The van der Waals surface area contributed by atoms with E-state index in [1.54, 1.807) is 0 Å². The van der Waals surface area contributed by atoms with Crippen LogP contribution in [-0.2, 0) is 11.2 Å². The van der Waals surface area contributed by atoms with Crippen LogP contribution in [0.4, 0.5) is 0 Å². The minimum absolute atomic E-state index is 0.0531. The highest BCUT2D eigenvalue weighted by atomic mass is 32.2. The number of nitriles is 1. The van der Waals surface area contributed by atoms with Crippen LogP contribution in [-0.4, -0.2) is 23.2 Å². The third-order valence-corrected chi connectivity index (χ3v) is 5.51. The Labute approximate surface area is 163 Å². The van der Waals surface area contributed by atoms with Crippen LogP contribution in [0.25, 0.3) is 10.9 Å². The summed E-state index contributed by atoms with van der Waals surface area (Å²) < 4.78 is 0. The molecule has 5 heteroatoms. The molecule has 0 spiro atoms. The Kier molecular flexibility index (Phi) is 6.10. The topological polar surface area (TPSA) is 65.8 Å². The van der Waals surface area contributed by atoms with Crippen LogP contribution in [0, 0.1) is 25.2 Å². The molecule has 0 aliphatic heterocycles. The number of pyridine rings is 1. The van der Waals surface area contributed by atoms with Gasteiger partial charge in [0.25, 0.3) is 0 Å². The van der Waals surface area contributed by atoms with Crippen molar-refractivity contribution >= 4 is 28.6 Å². The van der Waals surface area contributed by atoms with Crippen molar-refractivity contribution in [2.75, 3.05) is 12.3 Å². The number of fused-ring (bicyclic) bond motifs is 1. The molecule has 0 saturated heterocycles. The molecule has 0 radical (unpaired) electrons. The van der Waals surface area contributed by atoms with Gasteiger partial charge in [-0.25, -0.2) is 4.98 Å². The number of nitrogens with zero attached hydrogens (tertiary/aromatic N) is 2. The monoisotopic (exact) mass is 375 g/mol. The van der Waals surface area contributed by atoms with Crippen molar-refractivity contribution in [3.63, 3.8) is 0 Å². The van der Waals surface area contributed by atoms with Gasteiger partial charge in [0, 0.05) is 11.9 Å². The fourth-order valence-corrected chi connectivity index (χ4v) is 3.62. The average molecular weight is 375 g/mol. The van der Waals surface area contributed by atoms with Gasteiger partial charge in [-0.15, -0.1) is 0 Å². The quantitative estimate of drug-likeness (QED) is 0.657. The number of nitrogens with one attached hydrogen (secondary N) is 1. The molecule has 0 aliphatic carbocycles. The number of aromatic nitrogens is 1. The number of rotatable bonds is 6. The number of hydrogen-bond acceptors (Lipinski definition) is 4. The number of benzene rings is 2. The van der Waals surface area contributed by atoms with Gasteiger partial charge in [0.2, 0.25) is 5.91 Å². The largest absolute Gasteiger partial charge is 0.355 e. The van der Waals surface area contributed by atoms with Gasteiger partial charge in [0.1, 0.15) is 11.1 Å². The van der Waals surface area contributed by atoms with E-state index in [0.717, 1.165) is 28.5 Å². The van der Waals surface area contributed by atoms with Crippen molar-refractivity contribution in [1.82, 2.24) is 10.3 Å². The van der Waals surface area contributed by atoms with Gasteiger partial charge in [0.15, 0.2) is 0 Å². The van der Waals surface area contributed by atoms with E-state index in [-0.39, 0.29) is 11.7 Å². The second kappa shape index (κ2) is 8.70. The zero-order valence-corrected chi connectivity index (χ0v) is 16.3. The summed E-state index contributed by atoms with van der Waals surface area (Å²) in [5.41, 5.74) is 4.86. The van der Waals surface area contributed by atoms with Gasteiger partial charge < -0.3 is 5.32 Å². The van der Waals surface area contributed by atoms with Gasteiger partial charge in [0.05, 0.1) is 16.8 Å². The van der Waals surface area contributed by atoms with E-state index in [4.69, 9.17) is 0 Å². The fraction of sp³-hybridized carbons (Fsp3) is 0.227. The Bertz CT molecular complexity index is 1010. The first kappa shape index (κ1) is 18.9. The smallest absolute Gasteiger partial charge is 0.230 e. The van der Waals surface area contributed by atoms with Crippen LogP contribution in [0.2, 0.25) is 0 Å². The van der Waals surface area contributed by atoms with Crippen LogP contribution >= 0.6 is 11.8 Å². The molecule has 1 heterocycles. The summed E-state index contributed by atoms with van der Waals surface area (Å²) in [6.45, 7) is 4.67. The summed E-state index contributed by atoms with van der Waals surface area (Å²) >= 11 is 1.31. The molecule has 0 unspecified atom stereocenters. The molecule has 0 bridgehead atoms. The lowest BCUT2D eigenvalue weighted by molar-refractivity contribution is -0.118. The van der Waals surface area contributed by atoms with E-state index in [2.05, 4.69) is 16.4 Å². The van der Waals surface area contributed by atoms with E-state index < -0.39 is 0 Å². The Morgan fingerprint density at radius 3 is 2.70 bits per heavy atom. The summed E-state index contributed by atoms with van der Waals surface area (Å²) in [4.78, 5) is 16.8. The molecule has 0 saturated carbocycles. The molecule has 1 N–H and O–H groups in total. The van der Waals surface area contributed by atoms with Crippen LogP contribution in [0.15, 0.2) is 53.6 Å². The Morgan fingerprint density at radius 1 is 1.19 bits per heavy atom. The lowest BCUT2D eigenvalue weighted by Gasteiger charge is -2.09. The van der Waals surface area contributed by atoms with E-state index in [1.807, 2.05) is 62.4 Å². The van der Waals surface area contributed by atoms with Crippen molar-refractivity contribution in [2.24, 2.45) is 0 Å². The van der Waals surface area contributed by atoms with Crippen molar-refractivity contribution in [1.29, 1.82) is 5.26 Å². The number of thioether (sulfide) groups is 1. The van der Waals surface area contributed by atoms with E-state index >= 15 is 0 Å². The minimum atomic E-state index is -0.0531. The van der Waals surface area contributed by atoms with E-state index in [0.29, 0.717) is 17.1 Å². The molecule has 0 aliphatic rings.